The number of carbonyl (C=O) groups excluding carboxylic acids is 3. The molecule has 0 spiro atoms. The van der Waals surface area contributed by atoms with Crippen LogP contribution >= 0.6 is 0 Å². The average molecular weight is 313 g/mol. The predicted molar refractivity (Wildman–Crippen MR) is 90.2 cm³/mol. The molecule has 4 heteroatoms. The van der Waals surface area contributed by atoms with Gasteiger partial charge in [-0.3, -0.25) is 14.4 Å². The first-order valence-electron chi connectivity index (χ1n) is 7.72. The number of anilines is 1. The van der Waals surface area contributed by atoms with E-state index in [0.29, 0.717) is 5.69 Å². The maximum Gasteiger partial charge on any atom is 0.258 e. The lowest BCUT2D eigenvalue weighted by Gasteiger charge is -2.34. The van der Waals surface area contributed by atoms with E-state index in [2.05, 4.69) is 13.8 Å². The van der Waals surface area contributed by atoms with Crippen LogP contribution in [0, 0.1) is 5.41 Å². The summed E-state index contributed by atoms with van der Waals surface area (Å²) < 4.78 is 0. The largest absolute Gasteiger partial charge is 0.299 e. The molecule has 1 heterocycles. The third-order valence-electron chi connectivity index (χ3n) is 4.55. The van der Waals surface area contributed by atoms with Crippen molar-refractivity contribution in [2.24, 2.45) is 5.41 Å². The number of rotatable bonds is 5. The lowest BCUT2D eigenvalue weighted by atomic mass is 9.70. The number of Topliss-reactive ketones (excluding diaryl/α,β-unsaturated/α-hetero) is 1. The molecular weight excluding hydrogens is 290 g/mol. The van der Waals surface area contributed by atoms with E-state index in [1.54, 1.807) is 19.1 Å². The third-order valence-corrected chi connectivity index (χ3v) is 4.55. The Bertz CT molecular complexity index is 663. The van der Waals surface area contributed by atoms with Gasteiger partial charge in [0.1, 0.15) is 5.78 Å². The van der Waals surface area contributed by atoms with Crippen LogP contribution in [-0.4, -0.2) is 17.6 Å². The number of ketones is 1. The quantitative estimate of drug-likeness (QED) is 0.783. The molecular formula is C19H23NO3. The molecule has 0 atom stereocenters. The number of nitrogens with zero attached hydrogens (tertiary/aromatic N) is 1. The summed E-state index contributed by atoms with van der Waals surface area (Å²) in [6.07, 6.45) is 3.27. The van der Waals surface area contributed by atoms with E-state index >= 15 is 0 Å². The van der Waals surface area contributed by atoms with Crippen LogP contribution in [0.5, 0.6) is 0 Å². The average Bonchev–Trinajstić information content (AvgIpc) is 2.77. The second-order valence-corrected chi connectivity index (χ2v) is 7.39. The second kappa shape index (κ2) is 5.76. The number of benzene rings is 1. The van der Waals surface area contributed by atoms with Crippen molar-refractivity contribution in [1.82, 2.24) is 0 Å². The Balaban J connectivity index is 2.23. The van der Waals surface area contributed by atoms with Crippen LogP contribution in [-0.2, 0) is 19.8 Å². The zero-order valence-corrected chi connectivity index (χ0v) is 14.3. The molecule has 1 aliphatic rings. The molecule has 2 amide bonds. The molecule has 0 aromatic heterocycles. The fraction of sp³-hybridized carbons (Fsp3) is 0.421. The molecule has 0 saturated heterocycles. The van der Waals surface area contributed by atoms with E-state index in [1.807, 2.05) is 26.0 Å². The highest BCUT2D eigenvalue weighted by Crippen LogP contribution is 2.37. The fourth-order valence-electron chi connectivity index (χ4n) is 3.05. The molecule has 23 heavy (non-hydrogen) atoms. The Hall–Kier alpha value is -2.23. The van der Waals surface area contributed by atoms with Crippen LogP contribution in [0.1, 0.15) is 46.6 Å². The summed E-state index contributed by atoms with van der Waals surface area (Å²) in [4.78, 5) is 36.4. The summed E-state index contributed by atoms with van der Waals surface area (Å²) in [5, 5.41) is 0. The van der Waals surface area contributed by atoms with E-state index in [1.165, 1.54) is 12.2 Å². The summed E-state index contributed by atoms with van der Waals surface area (Å²) >= 11 is 0. The Labute approximate surface area is 137 Å². The minimum Gasteiger partial charge on any atom is -0.299 e. The SMILES string of the molecule is CC(=O)C(C)(C)CC(C)(C)c1ccc(N2C(=O)C=CC2=O)cc1. The first kappa shape index (κ1) is 17.1. The molecule has 1 aliphatic heterocycles. The van der Waals surface area contributed by atoms with Crippen molar-refractivity contribution >= 4 is 23.3 Å². The Kier molecular flexibility index (Phi) is 4.29. The van der Waals surface area contributed by atoms with Crippen molar-refractivity contribution in [3.63, 3.8) is 0 Å². The van der Waals surface area contributed by atoms with Gasteiger partial charge in [0.15, 0.2) is 0 Å². The Morgan fingerprint density at radius 3 is 1.87 bits per heavy atom. The zero-order chi connectivity index (χ0) is 17.4. The monoisotopic (exact) mass is 313 g/mol. The highest BCUT2D eigenvalue weighted by atomic mass is 16.2. The molecule has 0 radical (unpaired) electrons. The third kappa shape index (κ3) is 3.41. The van der Waals surface area contributed by atoms with Crippen LogP contribution in [0.15, 0.2) is 36.4 Å². The van der Waals surface area contributed by atoms with Crippen LogP contribution in [0.3, 0.4) is 0 Å². The summed E-state index contributed by atoms with van der Waals surface area (Å²) in [5.74, 6) is -0.471. The molecule has 0 unspecified atom stereocenters. The number of amides is 2. The molecule has 4 nitrogen and oxygen atoms in total. The standard InChI is InChI=1S/C19H23NO3/c1-13(21)18(2,3)12-19(4,5)14-6-8-15(9-7-14)20-16(22)10-11-17(20)23/h6-11H,12H2,1-5H3. The van der Waals surface area contributed by atoms with Gasteiger partial charge in [-0.05, 0) is 36.5 Å². The summed E-state index contributed by atoms with van der Waals surface area (Å²) in [5.41, 5.74) is 1.05. The van der Waals surface area contributed by atoms with Crippen molar-refractivity contribution in [2.75, 3.05) is 4.90 Å². The number of hydrogen-bond donors (Lipinski definition) is 0. The number of carbonyl (C=O) groups is 3. The maximum absolute atomic E-state index is 11.8. The Morgan fingerprint density at radius 2 is 1.43 bits per heavy atom. The molecule has 122 valence electrons. The minimum absolute atomic E-state index is 0.168. The van der Waals surface area contributed by atoms with Gasteiger partial charge < -0.3 is 0 Å². The van der Waals surface area contributed by atoms with Gasteiger partial charge in [0, 0.05) is 17.6 Å². The van der Waals surface area contributed by atoms with Crippen LogP contribution in [0.25, 0.3) is 0 Å². The number of imide groups is 1. The molecule has 1 aromatic carbocycles. The highest BCUT2D eigenvalue weighted by molar-refractivity contribution is 6.28. The van der Waals surface area contributed by atoms with E-state index < -0.39 is 5.41 Å². The van der Waals surface area contributed by atoms with Crippen molar-refractivity contribution in [2.45, 2.75) is 46.5 Å². The van der Waals surface area contributed by atoms with E-state index in [-0.39, 0.29) is 23.0 Å². The van der Waals surface area contributed by atoms with Crippen LogP contribution < -0.4 is 4.90 Å². The van der Waals surface area contributed by atoms with Crippen molar-refractivity contribution < 1.29 is 14.4 Å². The van der Waals surface area contributed by atoms with Crippen LogP contribution in [0.4, 0.5) is 5.69 Å². The first-order valence-corrected chi connectivity index (χ1v) is 7.72. The van der Waals surface area contributed by atoms with Crippen molar-refractivity contribution in [1.29, 1.82) is 0 Å². The minimum atomic E-state index is -0.396. The molecule has 0 N–H and O–H groups in total. The van der Waals surface area contributed by atoms with Gasteiger partial charge in [-0.25, -0.2) is 4.90 Å². The summed E-state index contributed by atoms with van der Waals surface area (Å²) in [6.45, 7) is 9.73. The predicted octanol–water partition coefficient (Wildman–Crippen LogP) is 3.40. The number of hydrogen-bond acceptors (Lipinski definition) is 3. The molecule has 0 aliphatic carbocycles. The van der Waals surface area contributed by atoms with Gasteiger partial charge in [0.25, 0.3) is 11.8 Å². The topological polar surface area (TPSA) is 54.5 Å². The lowest BCUT2D eigenvalue weighted by molar-refractivity contribution is -0.126. The summed E-state index contributed by atoms with van der Waals surface area (Å²) in [6, 6.07) is 7.40. The molecule has 1 aromatic rings. The van der Waals surface area contributed by atoms with E-state index in [9.17, 15) is 14.4 Å². The smallest absolute Gasteiger partial charge is 0.258 e. The second-order valence-electron chi connectivity index (χ2n) is 7.39. The first-order chi connectivity index (χ1) is 10.5. The normalized spacial score (nSPS) is 15.4. The molecule has 0 saturated carbocycles. The zero-order valence-electron chi connectivity index (χ0n) is 14.3. The van der Waals surface area contributed by atoms with Gasteiger partial charge in [-0.1, -0.05) is 39.8 Å². The van der Waals surface area contributed by atoms with Crippen molar-refractivity contribution in [3.8, 4) is 0 Å². The maximum atomic E-state index is 11.8. The summed E-state index contributed by atoms with van der Waals surface area (Å²) in [7, 11) is 0. The molecule has 0 bridgehead atoms. The molecule has 0 fully saturated rings. The van der Waals surface area contributed by atoms with Gasteiger partial charge in [-0.2, -0.15) is 0 Å². The van der Waals surface area contributed by atoms with Gasteiger partial charge in [-0.15, -0.1) is 0 Å². The molecule has 2 rings (SSSR count). The van der Waals surface area contributed by atoms with E-state index in [4.69, 9.17) is 0 Å². The highest BCUT2D eigenvalue weighted by Gasteiger charge is 2.33. The van der Waals surface area contributed by atoms with Gasteiger partial charge >= 0.3 is 0 Å². The van der Waals surface area contributed by atoms with Gasteiger partial charge in [0.05, 0.1) is 5.69 Å². The van der Waals surface area contributed by atoms with Crippen LogP contribution in [0.2, 0.25) is 0 Å². The van der Waals surface area contributed by atoms with Gasteiger partial charge in [0.2, 0.25) is 0 Å². The lowest BCUT2D eigenvalue weighted by Crippen LogP contribution is -2.32. The van der Waals surface area contributed by atoms with E-state index in [0.717, 1.165) is 16.9 Å². The van der Waals surface area contributed by atoms with Crippen molar-refractivity contribution in [3.05, 3.63) is 42.0 Å². The fourth-order valence-corrected chi connectivity index (χ4v) is 3.05. The Morgan fingerprint density at radius 1 is 0.957 bits per heavy atom.